The number of aryl methyl sites for hydroxylation is 3. The predicted molar refractivity (Wildman–Crippen MR) is 92.1 cm³/mol. The van der Waals surface area contributed by atoms with Gasteiger partial charge in [0.2, 0.25) is 0 Å². The Kier molecular flexibility index (Phi) is 4.55. The van der Waals surface area contributed by atoms with Gasteiger partial charge in [-0.15, -0.1) is 0 Å². The van der Waals surface area contributed by atoms with Gasteiger partial charge in [0.25, 0.3) is 0 Å². The van der Waals surface area contributed by atoms with Crippen LogP contribution in [0.5, 0.6) is 0 Å². The monoisotopic (exact) mass is 287 g/mol. The fourth-order valence-corrected chi connectivity index (χ4v) is 2.58. The molecule has 0 fully saturated rings. The molecule has 0 saturated carbocycles. The van der Waals surface area contributed by atoms with E-state index in [1.54, 1.807) is 0 Å². The molecule has 1 heterocycles. The topological polar surface area (TPSA) is 29.3 Å². The normalized spacial score (nSPS) is 10.8. The van der Waals surface area contributed by atoms with Crippen LogP contribution in [-0.2, 0) is 6.54 Å². The summed E-state index contributed by atoms with van der Waals surface area (Å²) < 4.78 is 2.30. The molecule has 0 atom stereocenters. The first-order chi connectivity index (χ1) is 9.58. The number of benzene rings is 1. The lowest BCUT2D eigenvalue weighted by Crippen LogP contribution is -2.11. The summed E-state index contributed by atoms with van der Waals surface area (Å²) >= 11 is 5.15. The Bertz CT molecular complexity index is 655. The number of aromatic nitrogens is 1. The van der Waals surface area contributed by atoms with Crippen molar-refractivity contribution >= 4 is 40.8 Å². The van der Waals surface area contributed by atoms with Gasteiger partial charge in [-0.05, 0) is 56.9 Å². The zero-order valence-electron chi connectivity index (χ0n) is 12.4. The van der Waals surface area contributed by atoms with Crippen molar-refractivity contribution in [2.75, 3.05) is 5.32 Å². The fraction of sp³-hybridized carbons (Fsp3) is 0.375. The van der Waals surface area contributed by atoms with E-state index in [9.17, 15) is 0 Å². The number of anilines is 1. The Hall–Kier alpha value is -1.68. The molecule has 0 unspecified atom stereocenters. The molecule has 1 N–H and O–H groups in total. The quantitative estimate of drug-likeness (QED) is 0.664. The third-order valence-electron chi connectivity index (χ3n) is 3.58. The van der Waals surface area contributed by atoms with Gasteiger partial charge < -0.3 is 9.88 Å². The molecule has 0 spiro atoms. The molecule has 0 aliphatic rings. The summed E-state index contributed by atoms with van der Waals surface area (Å²) in [6.07, 6.45) is 2.30. The number of rotatable bonds is 4. The molecule has 0 aliphatic carbocycles. The van der Waals surface area contributed by atoms with E-state index in [4.69, 9.17) is 12.2 Å². The Morgan fingerprint density at radius 2 is 2.15 bits per heavy atom. The van der Waals surface area contributed by atoms with E-state index in [2.05, 4.69) is 60.6 Å². The van der Waals surface area contributed by atoms with Gasteiger partial charge in [-0.3, -0.25) is 0 Å². The van der Waals surface area contributed by atoms with Crippen LogP contribution < -0.4 is 5.32 Å². The number of fused-ring (bicyclic) bond motifs is 1. The van der Waals surface area contributed by atoms with E-state index in [1.807, 2.05) is 0 Å². The molecule has 0 amide bonds. The molecule has 20 heavy (non-hydrogen) atoms. The fourth-order valence-electron chi connectivity index (χ4n) is 2.49. The predicted octanol–water partition coefficient (Wildman–Crippen LogP) is 4.46. The van der Waals surface area contributed by atoms with E-state index in [1.165, 1.54) is 22.0 Å². The third kappa shape index (κ3) is 2.75. The zero-order valence-corrected chi connectivity index (χ0v) is 13.2. The van der Waals surface area contributed by atoms with Crippen molar-refractivity contribution in [3.8, 4) is 0 Å². The summed E-state index contributed by atoms with van der Waals surface area (Å²) in [5.41, 5.74) is 3.73. The van der Waals surface area contributed by atoms with Gasteiger partial charge >= 0.3 is 0 Å². The number of hydrogen-bond acceptors (Lipinski definition) is 1. The molecule has 2 rings (SSSR count). The minimum Gasteiger partial charge on any atom is -0.327 e. The number of hydrogen-bond donors (Lipinski definition) is 1. The van der Waals surface area contributed by atoms with E-state index < -0.39 is 0 Å². The lowest BCUT2D eigenvalue weighted by Gasteiger charge is -2.12. The number of nitrogens with one attached hydrogen (secondary N) is 1. The maximum absolute atomic E-state index is 5.15. The average Bonchev–Trinajstić information content (AvgIpc) is 2.69. The van der Waals surface area contributed by atoms with Crippen LogP contribution in [0.25, 0.3) is 10.9 Å². The molecule has 4 heteroatoms. The van der Waals surface area contributed by atoms with Crippen molar-refractivity contribution in [1.82, 2.24) is 4.57 Å². The van der Waals surface area contributed by atoms with Crippen LogP contribution in [0.1, 0.15) is 30.9 Å². The highest BCUT2D eigenvalue weighted by Crippen LogP contribution is 2.31. The molecule has 2 aromatic rings. The van der Waals surface area contributed by atoms with Crippen LogP contribution in [0.2, 0.25) is 0 Å². The summed E-state index contributed by atoms with van der Waals surface area (Å²) in [4.78, 5) is 3.79. The van der Waals surface area contributed by atoms with Gasteiger partial charge in [0.05, 0.1) is 0 Å². The number of aliphatic imine (C=N–C) groups is 1. The SMILES string of the molecule is C=NC(=S)Nc1c(C)c2cc(C)ccc2n1CCCC. The summed E-state index contributed by atoms with van der Waals surface area (Å²) in [6.45, 7) is 10.9. The summed E-state index contributed by atoms with van der Waals surface area (Å²) in [5, 5.41) is 4.91. The maximum Gasteiger partial charge on any atom is 0.197 e. The highest BCUT2D eigenvalue weighted by atomic mass is 32.1. The van der Waals surface area contributed by atoms with Crippen molar-refractivity contribution < 1.29 is 0 Å². The lowest BCUT2D eigenvalue weighted by atomic mass is 10.1. The van der Waals surface area contributed by atoms with Crippen molar-refractivity contribution in [2.45, 2.75) is 40.2 Å². The average molecular weight is 287 g/mol. The van der Waals surface area contributed by atoms with Crippen LogP contribution in [-0.4, -0.2) is 16.4 Å². The summed E-state index contributed by atoms with van der Waals surface area (Å²) in [7, 11) is 0. The molecule has 0 radical (unpaired) electrons. The first kappa shape index (κ1) is 14.7. The molecular formula is C16H21N3S. The van der Waals surface area contributed by atoms with Gasteiger partial charge in [0, 0.05) is 17.4 Å². The number of unbranched alkanes of at least 4 members (excludes halogenated alkanes) is 1. The Labute approximate surface area is 125 Å². The molecule has 0 bridgehead atoms. The second-order valence-electron chi connectivity index (χ2n) is 5.09. The second kappa shape index (κ2) is 6.18. The largest absolute Gasteiger partial charge is 0.327 e. The van der Waals surface area contributed by atoms with Gasteiger partial charge in [-0.25, -0.2) is 4.99 Å². The standard InChI is InChI=1S/C16H21N3S/c1-5-6-9-19-14-8-7-11(2)10-13(14)12(3)15(19)18-16(20)17-4/h7-8,10H,4-6,9H2,1-3H3,(H,18,20). The summed E-state index contributed by atoms with van der Waals surface area (Å²) in [6, 6.07) is 6.56. The van der Waals surface area contributed by atoms with Crippen LogP contribution in [0.15, 0.2) is 23.2 Å². The van der Waals surface area contributed by atoms with Gasteiger partial charge in [0.15, 0.2) is 5.11 Å². The van der Waals surface area contributed by atoms with Crippen LogP contribution in [0.4, 0.5) is 5.82 Å². The zero-order chi connectivity index (χ0) is 14.7. The Morgan fingerprint density at radius 3 is 2.80 bits per heavy atom. The van der Waals surface area contributed by atoms with E-state index >= 15 is 0 Å². The first-order valence-corrected chi connectivity index (χ1v) is 7.36. The molecule has 106 valence electrons. The number of thiocarbonyl (C=S) groups is 1. The van der Waals surface area contributed by atoms with Crippen LogP contribution in [0, 0.1) is 13.8 Å². The highest BCUT2D eigenvalue weighted by Gasteiger charge is 2.14. The number of nitrogens with zero attached hydrogens (tertiary/aromatic N) is 2. The Balaban J connectivity index is 2.59. The van der Waals surface area contributed by atoms with E-state index in [0.717, 1.165) is 25.2 Å². The minimum atomic E-state index is 0.422. The van der Waals surface area contributed by atoms with Gasteiger partial charge in [-0.2, -0.15) is 0 Å². The van der Waals surface area contributed by atoms with E-state index in [-0.39, 0.29) is 0 Å². The molecule has 1 aromatic heterocycles. The molecule has 0 saturated heterocycles. The molecule has 0 aliphatic heterocycles. The third-order valence-corrected chi connectivity index (χ3v) is 3.81. The van der Waals surface area contributed by atoms with Gasteiger partial charge in [-0.1, -0.05) is 25.0 Å². The van der Waals surface area contributed by atoms with Crippen LogP contribution >= 0.6 is 12.2 Å². The molecule has 3 nitrogen and oxygen atoms in total. The molecule has 1 aromatic carbocycles. The van der Waals surface area contributed by atoms with E-state index in [0.29, 0.717) is 5.11 Å². The van der Waals surface area contributed by atoms with Crippen molar-refractivity contribution in [3.63, 3.8) is 0 Å². The van der Waals surface area contributed by atoms with Crippen molar-refractivity contribution in [3.05, 3.63) is 29.3 Å². The lowest BCUT2D eigenvalue weighted by molar-refractivity contribution is 0.655. The Morgan fingerprint density at radius 1 is 1.40 bits per heavy atom. The van der Waals surface area contributed by atoms with Crippen LogP contribution in [0.3, 0.4) is 0 Å². The summed E-state index contributed by atoms with van der Waals surface area (Å²) in [5.74, 6) is 1.04. The second-order valence-corrected chi connectivity index (χ2v) is 5.47. The van der Waals surface area contributed by atoms with Crippen molar-refractivity contribution in [2.24, 2.45) is 4.99 Å². The minimum absolute atomic E-state index is 0.422. The molecular weight excluding hydrogens is 266 g/mol. The maximum atomic E-state index is 5.15. The van der Waals surface area contributed by atoms with Crippen molar-refractivity contribution in [1.29, 1.82) is 0 Å². The smallest absolute Gasteiger partial charge is 0.197 e. The highest BCUT2D eigenvalue weighted by molar-refractivity contribution is 7.80. The van der Waals surface area contributed by atoms with Gasteiger partial charge in [0.1, 0.15) is 5.82 Å². The first-order valence-electron chi connectivity index (χ1n) is 6.95.